The number of carboxylic acid groups (broad SMARTS) is 1. The fourth-order valence-corrected chi connectivity index (χ4v) is 2.85. The number of hydrogen-bond acceptors (Lipinski definition) is 3. The number of likely N-dealkylation sites (tertiary alicyclic amines) is 1. The van der Waals surface area contributed by atoms with E-state index in [0.29, 0.717) is 13.1 Å². The third kappa shape index (κ3) is 3.19. The van der Waals surface area contributed by atoms with E-state index in [2.05, 4.69) is 17.1 Å². The van der Waals surface area contributed by atoms with E-state index in [1.54, 1.807) is 0 Å². The van der Waals surface area contributed by atoms with E-state index in [1.165, 1.54) is 0 Å². The van der Waals surface area contributed by atoms with Gasteiger partial charge in [-0.2, -0.15) is 0 Å². The monoisotopic (exact) mass is 276 g/mol. The quantitative estimate of drug-likeness (QED) is 0.800. The second kappa shape index (κ2) is 6.86. The lowest BCUT2D eigenvalue weighted by Crippen LogP contribution is -2.56. The molecule has 2 rings (SSSR count). The number of nitrogens with zero attached hydrogens (tertiary/aromatic N) is 1. The molecule has 110 valence electrons. The third-order valence-corrected chi connectivity index (χ3v) is 3.97. The van der Waals surface area contributed by atoms with E-state index < -0.39 is 11.5 Å². The SMILES string of the molecule is CCCNC(CN1CCCC1)(C(=O)O)c1ccccc1. The average molecular weight is 276 g/mol. The van der Waals surface area contributed by atoms with Crippen LogP contribution in [0.2, 0.25) is 0 Å². The minimum Gasteiger partial charge on any atom is -0.480 e. The molecule has 1 heterocycles. The van der Waals surface area contributed by atoms with E-state index in [0.717, 1.165) is 37.9 Å². The van der Waals surface area contributed by atoms with E-state index in [4.69, 9.17) is 0 Å². The number of rotatable bonds is 7. The second-order valence-electron chi connectivity index (χ2n) is 5.49. The van der Waals surface area contributed by atoms with Gasteiger partial charge in [-0.3, -0.25) is 5.32 Å². The van der Waals surface area contributed by atoms with Crippen LogP contribution in [0.25, 0.3) is 0 Å². The highest BCUT2D eigenvalue weighted by atomic mass is 16.4. The molecule has 1 aromatic carbocycles. The van der Waals surface area contributed by atoms with Crippen molar-refractivity contribution in [1.82, 2.24) is 10.2 Å². The number of carboxylic acids is 1. The lowest BCUT2D eigenvalue weighted by molar-refractivity contribution is -0.146. The second-order valence-corrected chi connectivity index (χ2v) is 5.49. The Balaban J connectivity index is 2.30. The smallest absolute Gasteiger partial charge is 0.329 e. The highest BCUT2D eigenvalue weighted by molar-refractivity contribution is 5.81. The van der Waals surface area contributed by atoms with Crippen LogP contribution in [0.15, 0.2) is 30.3 Å². The third-order valence-electron chi connectivity index (χ3n) is 3.97. The zero-order valence-corrected chi connectivity index (χ0v) is 12.1. The largest absolute Gasteiger partial charge is 0.480 e. The summed E-state index contributed by atoms with van der Waals surface area (Å²) in [5.74, 6) is -0.788. The first-order chi connectivity index (χ1) is 9.69. The van der Waals surface area contributed by atoms with Crippen LogP contribution in [0.3, 0.4) is 0 Å². The first kappa shape index (κ1) is 15.0. The molecule has 0 amide bonds. The van der Waals surface area contributed by atoms with Crippen molar-refractivity contribution in [3.8, 4) is 0 Å². The van der Waals surface area contributed by atoms with Crippen molar-refractivity contribution in [1.29, 1.82) is 0 Å². The number of aliphatic carboxylic acids is 1. The molecular weight excluding hydrogens is 252 g/mol. The van der Waals surface area contributed by atoms with Gasteiger partial charge in [-0.15, -0.1) is 0 Å². The number of carbonyl (C=O) groups is 1. The van der Waals surface area contributed by atoms with Crippen LogP contribution >= 0.6 is 0 Å². The zero-order chi connectivity index (χ0) is 14.4. The van der Waals surface area contributed by atoms with Crippen molar-refractivity contribution in [3.05, 3.63) is 35.9 Å². The Morgan fingerprint density at radius 3 is 2.50 bits per heavy atom. The van der Waals surface area contributed by atoms with E-state index in [9.17, 15) is 9.90 Å². The first-order valence-electron chi connectivity index (χ1n) is 7.45. The molecular formula is C16H24N2O2. The summed E-state index contributed by atoms with van der Waals surface area (Å²) in [4.78, 5) is 14.3. The number of benzene rings is 1. The van der Waals surface area contributed by atoms with Crippen LogP contribution in [0.5, 0.6) is 0 Å². The molecule has 2 N–H and O–H groups in total. The Labute approximate surface area is 120 Å². The van der Waals surface area contributed by atoms with Crippen LogP contribution < -0.4 is 5.32 Å². The molecule has 20 heavy (non-hydrogen) atoms. The molecule has 1 saturated heterocycles. The molecule has 4 nitrogen and oxygen atoms in total. The van der Waals surface area contributed by atoms with Crippen LogP contribution in [0.4, 0.5) is 0 Å². The summed E-state index contributed by atoms with van der Waals surface area (Å²) in [7, 11) is 0. The van der Waals surface area contributed by atoms with Gasteiger partial charge in [-0.05, 0) is 44.5 Å². The average Bonchev–Trinajstić information content (AvgIpc) is 2.97. The Morgan fingerprint density at radius 1 is 1.30 bits per heavy atom. The lowest BCUT2D eigenvalue weighted by Gasteiger charge is -2.35. The topological polar surface area (TPSA) is 52.6 Å². The molecule has 1 aliphatic rings. The van der Waals surface area contributed by atoms with Crippen molar-refractivity contribution < 1.29 is 9.90 Å². The summed E-state index contributed by atoms with van der Waals surface area (Å²) in [5, 5.41) is 13.2. The molecule has 1 aliphatic heterocycles. The van der Waals surface area contributed by atoms with E-state index >= 15 is 0 Å². The molecule has 0 bridgehead atoms. The molecule has 4 heteroatoms. The summed E-state index contributed by atoms with van der Waals surface area (Å²) < 4.78 is 0. The maximum Gasteiger partial charge on any atom is 0.329 e. The van der Waals surface area contributed by atoms with Crippen molar-refractivity contribution in [2.24, 2.45) is 0 Å². The maximum atomic E-state index is 12.0. The van der Waals surface area contributed by atoms with Gasteiger partial charge in [0.25, 0.3) is 0 Å². The molecule has 1 fully saturated rings. The van der Waals surface area contributed by atoms with Crippen LogP contribution in [0, 0.1) is 0 Å². The van der Waals surface area contributed by atoms with Gasteiger partial charge in [0, 0.05) is 6.54 Å². The van der Waals surface area contributed by atoms with Crippen molar-refractivity contribution in [2.75, 3.05) is 26.2 Å². The van der Waals surface area contributed by atoms with E-state index in [-0.39, 0.29) is 0 Å². The van der Waals surface area contributed by atoms with Gasteiger partial charge in [-0.25, -0.2) is 4.79 Å². The summed E-state index contributed by atoms with van der Waals surface area (Å²) in [6.45, 7) is 5.28. The normalized spacial score (nSPS) is 18.9. The minimum atomic E-state index is -0.998. The zero-order valence-electron chi connectivity index (χ0n) is 12.1. The maximum absolute atomic E-state index is 12.0. The highest BCUT2D eigenvalue weighted by Crippen LogP contribution is 2.25. The molecule has 1 unspecified atom stereocenters. The Morgan fingerprint density at radius 2 is 1.95 bits per heavy atom. The van der Waals surface area contributed by atoms with E-state index in [1.807, 2.05) is 30.3 Å². The minimum absolute atomic E-state index is 0.534. The lowest BCUT2D eigenvalue weighted by atomic mass is 9.89. The van der Waals surface area contributed by atoms with Gasteiger partial charge in [-0.1, -0.05) is 37.3 Å². The van der Waals surface area contributed by atoms with Gasteiger partial charge >= 0.3 is 5.97 Å². The summed E-state index contributed by atoms with van der Waals surface area (Å²) in [5.41, 5.74) is -0.158. The van der Waals surface area contributed by atoms with Crippen molar-refractivity contribution in [2.45, 2.75) is 31.7 Å². The summed E-state index contributed by atoms with van der Waals surface area (Å²) in [6.07, 6.45) is 3.25. The van der Waals surface area contributed by atoms with Crippen LogP contribution in [0.1, 0.15) is 31.7 Å². The van der Waals surface area contributed by atoms with Gasteiger partial charge in [0.15, 0.2) is 5.54 Å². The van der Waals surface area contributed by atoms with Crippen molar-refractivity contribution >= 4 is 5.97 Å². The predicted molar refractivity (Wildman–Crippen MR) is 79.7 cm³/mol. The molecule has 1 aromatic rings. The standard InChI is InChI=1S/C16H24N2O2/c1-2-10-17-16(15(19)20,13-18-11-6-7-12-18)14-8-4-3-5-9-14/h3-5,8-9,17H,2,6-7,10-13H2,1H3,(H,19,20). The van der Waals surface area contributed by atoms with Crippen LogP contribution in [-0.4, -0.2) is 42.2 Å². The highest BCUT2D eigenvalue weighted by Gasteiger charge is 2.41. The summed E-state index contributed by atoms with van der Waals surface area (Å²) in [6, 6.07) is 9.56. The number of nitrogens with one attached hydrogen (secondary N) is 1. The Hall–Kier alpha value is -1.39. The van der Waals surface area contributed by atoms with Crippen molar-refractivity contribution in [3.63, 3.8) is 0 Å². The Kier molecular flexibility index (Phi) is 5.15. The number of hydrogen-bond donors (Lipinski definition) is 2. The van der Waals surface area contributed by atoms with Gasteiger partial charge < -0.3 is 10.0 Å². The summed E-state index contributed by atoms with van der Waals surface area (Å²) >= 11 is 0. The van der Waals surface area contributed by atoms with Gasteiger partial charge in [0.05, 0.1) is 0 Å². The molecule has 1 atom stereocenters. The predicted octanol–water partition coefficient (Wildman–Crippen LogP) is 2.06. The molecule has 0 saturated carbocycles. The molecule has 0 spiro atoms. The molecule has 0 radical (unpaired) electrons. The fraction of sp³-hybridized carbons (Fsp3) is 0.562. The van der Waals surface area contributed by atoms with Gasteiger partial charge in [0.2, 0.25) is 0 Å². The molecule has 0 aromatic heterocycles. The van der Waals surface area contributed by atoms with Gasteiger partial charge in [0.1, 0.15) is 0 Å². The molecule has 0 aliphatic carbocycles. The first-order valence-corrected chi connectivity index (χ1v) is 7.45. The van der Waals surface area contributed by atoms with Crippen LogP contribution in [-0.2, 0) is 10.3 Å². The fourth-order valence-electron chi connectivity index (χ4n) is 2.85. The Bertz CT molecular complexity index is 429.